The highest BCUT2D eigenvalue weighted by molar-refractivity contribution is 6.25. The van der Waals surface area contributed by atoms with E-state index in [1.165, 1.54) is 171 Å². The van der Waals surface area contributed by atoms with Crippen molar-refractivity contribution in [1.29, 1.82) is 0 Å². The fourth-order valence-corrected chi connectivity index (χ4v) is 17.4. The van der Waals surface area contributed by atoms with Crippen LogP contribution in [0.5, 0.6) is 0 Å². The summed E-state index contributed by atoms with van der Waals surface area (Å²) in [6.45, 7) is 0.958. The number of benzene rings is 9. The average molecular weight is 1060 g/mol. The van der Waals surface area contributed by atoms with Gasteiger partial charge in [0.05, 0.1) is 22.1 Å². The highest BCUT2D eigenvalue weighted by atomic mass is 16.3. The highest BCUT2D eigenvalue weighted by Crippen LogP contribution is 2.52. The molecular weight excluding hydrogens is 991 g/mol. The van der Waals surface area contributed by atoms with Crippen LogP contribution in [0.4, 0.5) is 0 Å². The highest BCUT2D eigenvalue weighted by Gasteiger charge is 2.34. The number of fused-ring (bicyclic) bond motifs is 21. The molecule has 3 fully saturated rings. The molecule has 3 saturated carbocycles. The molecule has 81 heavy (non-hydrogen) atoms. The molecule has 15 aromatic rings. The monoisotopic (exact) mass is 1060 g/mol. The summed E-state index contributed by atoms with van der Waals surface area (Å²) in [6, 6.07) is 59.3. The number of hydrogen-bond donors (Lipinski definition) is 0. The molecule has 2 unspecified atom stereocenters. The average Bonchev–Trinajstić information content (AvgIpc) is 4.32. The Kier molecular flexibility index (Phi) is 10.1. The minimum Gasteiger partial charge on any atom is -0.454 e. The summed E-state index contributed by atoms with van der Waals surface area (Å²) < 4.78 is 28.5. The molecule has 0 amide bonds. The van der Waals surface area contributed by atoms with Gasteiger partial charge in [-0.05, 0) is 158 Å². The molecular formula is C75H65N3O3. The van der Waals surface area contributed by atoms with E-state index in [1.807, 2.05) is 0 Å². The third-order valence-corrected chi connectivity index (χ3v) is 21.0. The van der Waals surface area contributed by atoms with E-state index in [4.69, 9.17) is 13.3 Å². The van der Waals surface area contributed by atoms with Crippen LogP contribution in [0, 0.1) is 5.92 Å². The minimum absolute atomic E-state index is 0.425. The molecule has 3 aliphatic carbocycles. The number of aryl methyl sites for hydroxylation is 2. The second kappa shape index (κ2) is 17.6. The van der Waals surface area contributed by atoms with E-state index in [0.29, 0.717) is 29.6 Å². The first-order chi connectivity index (χ1) is 40.0. The number of nitrogens with zero attached hydrogens (tertiary/aromatic N) is 3. The summed E-state index contributed by atoms with van der Waals surface area (Å²) >= 11 is 0. The van der Waals surface area contributed by atoms with Crippen molar-refractivity contribution >= 4 is 131 Å². The van der Waals surface area contributed by atoms with Crippen LogP contribution in [0.25, 0.3) is 131 Å². The molecule has 0 saturated heterocycles. The molecule has 3 aliphatic rings. The van der Waals surface area contributed by atoms with Gasteiger partial charge in [-0.2, -0.15) is 0 Å². The zero-order valence-corrected chi connectivity index (χ0v) is 46.4. The molecule has 6 heterocycles. The third-order valence-electron chi connectivity index (χ3n) is 21.0. The Bertz CT molecular complexity index is 5090. The van der Waals surface area contributed by atoms with Crippen LogP contribution in [0.15, 0.2) is 171 Å². The van der Waals surface area contributed by atoms with E-state index in [9.17, 15) is 0 Å². The lowest BCUT2D eigenvalue weighted by Gasteiger charge is -2.31. The summed E-state index contributed by atoms with van der Waals surface area (Å²) in [4.78, 5) is 0. The Labute approximate surface area is 469 Å². The van der Waals surface area contributed by atoms with E-state index in [2.05, 4.69) is 186 Å². The maximum Gasteiger partial charge on any atom is 0.159 e. The molecule has 0 radical (unpaired) electrons. The lowest BCUT2D eigenvalue weighted by Crippen LogP contribution is -2.19. The van der Waals surface area contributed by atoms with Crippen LogP contribution in [0.1, 0.15) is 129 Å². The Morgan fingerprint density at radius 1 is 0.346 bits per heavy atom. The Hall–Kier alpha value is -8.22. The number of aromatic nitrogens is 3. The Balaban J connectivity index is 0.710. The summed E-state index contributed by atoms with van der Waals surface area (Å²) in [5, 5.41) is 15.6. The summed E-state index contributed by atoms with van der Waals surface area (Å²) in [6.07, 6.45) is 15.8. The Morgan fingerprint density at radius 2 is 0.926 bits per heavy atom. The summed E-state index contributed by atoms with van der Waals surface area (Å²) in [5.41, 5.74) is 19.7. The summed E-state index contributed by atoms with van der Waals surface area (Å²) in [7, 11) is 4.50. The molecule has 2 atom stereocenters. The first kappa shape index (κ1) is 46.5. The van der Waals surface area contributed by atoms with Gasteiger partial charge >= 0.3 is 0 Å². The molecule has 6 aromatic heterocycles. The van der Waals surface area contributed by atoms with Gasteiger partial charge in [-0.25, -0.2) is 0 Å². The van der Waals surface area contributed by atoms with Crippen LogP contribution in [-0.2, 0) is 20.6 Å². The molecule has 6 nitrogen and oxygen atoms in total. The molecule has 6 heteroatoms. The van der Waals surface area contributed by atoms with Gasteiger partial charge in [0, 0.05) is 96.3 Å². The first-order valence-electron chi connectivity index (χ1n) is 30.5. The minimum atomic E-state index is 0.425. The van der Waals surface area contributed by atoms with Crippen molar-refractivity contribution < 1.29 is 13.3 Å². The standard InChI is InChI=1S/C75H65N3O3/c1-76-61-28-10-6-21-50(61)53-37-38-56-66-48(25-16-32-65(66)81-73(56)70(53)76)47-20-14-17-43(39-47)42-78-62-29-11-7-22-51(62)59-40-58(68-54-24-9-13-31-64(54)80-75(68)71(59)78)46-35-33-45(34-36-46)49-26-15-27-55-67-57(44-18-4-3-5-19-44)41-60-52-23-8-12-30-63(52)79-74(60)72(67)77(2)69(49)55/h6-13,15-16,21-32,37-38,40-41,43-47H,3-5,14,17-20,33-36,39,42H2,1-2H3. The van der Waals surface area contributed by atoms with Gasteiger partial charge in [-0.15, -0.1) is 0 Å². The van der Waals surface area contributed by atoms with Crippen LogP contribution in [0.2, 0.25) is 0 Å². The van der Waals surface area contributed by atoms with Crippen LogP contribution in [0.3, 0.4) is 0 Å². The van der Waals surface area contributed by atoms with Gasteiger partial charge in [-0.3, -0.25) is 0 Å². The maximum atomic E-state index is 7.23. The fraction of sp³-hybridized carbons (Fsp3) is 0.280. The van der Waals surface area contributed by atoms with Gasteiger partial charge in [0.15, 0.2) is 16.7 Å². The lowest BCUT2D eigenvalue weighted by molar-refractivity contribution is 0.295. The quantitative estimate of drug-likeness (QED) is 0.167. The van der Waals surface area contributed by atoms with Crippen LogP contribution in [-0.4, -0.2) is 13.7 Å². The smallest absolute Gasteiger partial charge is 0.159 e. The second-order valence-electron chi connectivity index (χ2n) is 25.1. The van der Waals surface area contributed by atoms with Gasteiger partial charge in [0.25, 0.3) is 0 Å². The topological polar surface area (TPSA) is 54.2 Å². The maximum absolute atomic E-state index is 7.23. The van der Waals surface area contributed by atoms with Crippen LogP contribution < -0.4 is 0 Å². The first-order valence-corrected chi connectivity index (χ1v) is 30.5. The SMILES string of the molecule is Cn1c2ccccc2c2ccc3c(oc4cccc(C5CCCC(Cn6c7ccccc7c7cc(C8CCC(c9cccc%10c%11c(C%12CCCCC%12)cc%12c%13ccccc%13oc%12c%11n(C)c9%10)CC8)c8c9ccccc9oc8c76)C5)c43)c21. The molecule has 398 valence electrons. The van der Waals surface area contributed by atoms with Crippen molar-refractivity contribution in [3.05, 3.63) is 180 Å². The van der Waals surface area contributed by atoms with Gasteiger partial charge in [0.1, 0.15) is 16.7 Å². The Morgan fingerprint density at radius 3 is 1.75 bits per heavy atom. The number of rotatable bonds is 6. The predicted octanol–water partition coefficient (Wildman–Crippen LogP) is 21.2. The molecule has 9 aromatic carbocycles. The zero-order valence-electron chi connectivity index (χ0n) is 46.4. The number of hydrogen-bond acceptors (Lipinski definition) is 3. The molecule has 0 aliphatic heterocycles. The van der Waals surface area contributed by atoms with Crippen molar-refractivity contribution in [3.63, 3.8) is 0 Å². The van der Waals surface area contributed by atoms with Crippen molar-refractivity contribution in [1.82, 2.24) is 13.7 Å². The van der Waals surface area contributed by atoms with Crippen molar-refractivity contribution in [3.8, 4) is 0 Å². The van der Waals surface area contributed by atoms with Crippen molar-refractivity contribution in [2.45, 2.75) is 114 Å². The molecule has 0 spiro atoms. The van der Waals surface area contributed by atoms with Crippen molar-refractivity contribution in [2.24, 2.45) is 20.0 Å². The third kappa shape index (κ3) is 6.68. The van der Waals surface area contributed by atoms with E-state index in [-0.39, 0.29) is 0 Å². The van der Waals surface area contributed by atoms with Gasteiger partial charge in [0.2, 0.25) is 0 Å². The largest absolute Gasteiger partial charge is 0.454 e. The fourth-order valence-electron chi connectivity index (χ4n) is 17.4. The van der Waals surface area contributed by atoms with Gasteiger partial charge < -0.3 is 27.0 Å². The number of furan rings is 3. The van der Waals surface area contributed by atoms with E-state index >= 15 is 0 Å². The number of para-hydroxylation sites is 5. The van der Waals surface area contributed by atoms with Crippen LogP contribution >= 0.6 is 0 Å². The molecule has 18 rings (SSSR count). The van der Waals surface area contributed by atoms with E-state index in [0.717, 1.165) is 72.1 Å². The molecule has 0 N–H and O–H groups in total. The lowest BCUT2D eigenvalue weighted by atomic mass is 9.74. The molecule has 0 bridgehead atoms. The van der Waals surface area contributed by atoms with E-state index < -0.39 is 0 Å². The van der Waals surface area contributed by atoms with Gasteiger partial charge in [-0.1, -0.05) is 135 Å². The summed E-state index contributed by atoms with van der Waals surface area (Å²) in [5.74, 6) is 2.42. The predicted molar refractivity (Wildman–Crippen MR) is 337 cm³/mol. The second-order valence-corrected chi connectivity index (χ2v) is 25.1. The van der Waals surface area contributed by atoms with Crippen molar-refractivity contribution in [2.75, 3.05) is 0 Å². The van der Waals surface area contributed by atoms with E-state index in [1.54, 1.807) is 0 Å². The normalized spacial score (nSPS) is 19.8. The zero-order chi connectivity index (χ0) is 53.2.